The van der Waals surface area contributed by atoms with E-state index in [0.717, 1.165) is 18.7 Å². The van der Waals surface area contributed by atoms with Gasteiger partial charge in [0, 0.05) is 29.7 Å². The predicted octanol–water partition coefficient (Wildman–Crippen LogP) is 3.74. The van der Waals surface area contributed by atoms with Crippen LogP contribution in [0.25, 0.3) is 5.57 Å². The average molecular weight is 344 g/mol. The van der Waals surface area contributed by atoms with Crippen LogP contribution in [0.4, 0.5) is 11.4 Å². The highest BCUT2D eigenvalue weighted by atomic mass is 32.1. The molecule has 0 radical (unpaired) electrons. The second-order valence-corrected chi connectivity index (χ2v) is 6.30. The molecule has 2 heterocycles. The van der Waals surface area contributed by atoms with E-state index in [1.807, 2.05) is 6.07 Å². The highest BCUT2D eigenvalue weighted by molar-refractivity contribution is 7.11. The minimum absolute atomic E-state index is 0.0203. The van der Waals surface area contributed by atoms with Gasteiger partial charge in [0.1, 0.15) is 5.56 Å². The zero-order valence-electron chi connectivity index (χ0n) is 13.1. The van der Waals surface area contributed by atoms with Gasteiger partial charge >= 0.3 is 5.97 Å². The van der Waals surface area contributed by atoms with Crippen LogP contribution in [-0.4, -0.2) is 31.1 Å². The van der Waals surface area contributed by atoms with Crippen molar-refractivity contribution < 1.29 is 14.5 Å². The summed E-state index contributed by atoms with van der Waals surface area (Å²) >= 11 is 1.72. The summed E-state index contributed by atoms with van der Waals surface area (Å²) in [5, 5.41) is 13.1. The summed E-state index contributed by atoms with van der Waals surface area (Å²) in [6.45, 7) is 1.49. The van der Waals surface area contributed by atoms with Gasteiger partial charge in [-0.1, -0.05) is 12.1 Å². The maximum absolute atomic E-state index is 11.8. The number of nitro benzene ring substituents is 1. The molecule has 0 fully saturated rings. The van der Waals surface area contributed by atoms with E-state index < -0.39 is 10.9 Å². The van der Waals surface area contributed by atoms with Gasteiger partial charge in [-0.3, -0.25) is 10.1 Å². The normalized spacial score (nSPS) is 14.2. The third-order valence-corrected chi connectivity index (χ3v) is 4.94. The lowest BCUT2D eigenvalue weighted by Gasteiger charge is -2.28. The molecule has 1 aromatic heterocycles. The fourth-order valence-electron chi connectivity index (χ4n) is 2.74. The summed E-state index contributed by atoms with van der Waals surface area (Å²) in [5.74, 6) is -0.699. The molecule has 1 aromatic carbocycles. The molecule has 6 nitrogen and oxygen atoms in total. The highest BCUT2D eigenvalue weighted by Gasteiger charge is 2.23. The fraction of sp³-hybridized carbons (Fsp3) is 0.235. The number of nitro groups is 1. The topological polar surface area (TPSA) is 72.7 Å². The number of esters is 1. The van der Waals surface area contributed by atoms with Gasteiger partial charge in [-0.2, -0.15) is 0 Å². The summed E-state index contributed by atoms with van der Waals surface area (Å²) in [5.41, 5.74) is 1.84. The summed E-state index contributed by atoms with van der Waals surface area (Å²) in [7, 11) is 1.22. The monoisotopic (exact) mass is 344 g/mol. The molecular formula is C17H16N2O4S. The van der Waals surface area contributed by atoms with Gasteiger partial charge in [0.2, 0.25) is 0 Å². The molecule has 0 amide bonds. The number of methoxy groups -OCH3 is 1. The van der Waals surface area contributed by atoms with Gasteiger partial charge in [0.05, 0.1) is 12.0 Å². The lowest BCUT2D eigenvalue weighted by molar-refractivity contribution is -0.385. The van der Waals surface area contributed by atoms with Gasteiger partial charge < -0.3 is 9.64 Å². The van der Waals surface area contributed by atoms with Crippen molar-refractivity contribution in [2.45, 2.75) is 6.42 Å². The van der Waals surface area contributed by atoms with E-state index >= 15 is 0 Å². The first-order chi connectivity index (χ1) is 11.6. The lowest BCUT2D eigenvalue weighted by Crippen LogP contribution is -2.28. The number of carbonyl (C=O) groups is 1. The van der Waals surface area contributed by atoms with Crippen LogP contribution in [0.5, 0.6) is 0 Å². The fourth-order valence-corrected chi connectivity index (χ4v) is 3.54. The maximum Gasteiger partial charge on any atom is 0.344 e. The Morgan fingerprint density at radius 1 is 1.38 bits per heavy atom. The Kier molecular flexibility index (Phi) is 4.61. The molecule has 7 heteroatoms. The van der Waals surface area contributed by atoms with Crippen molar-refractivity contribution in [1.82, 2.24) is 0 Å². The molecule has 0 aliphatic carbocycles. The summed E-state index contributed by atoms with van der Waals surface area (Å²) < 4.78 is 4.66. The molecule has 2 aromatic rings. The van der Waals surface area contributed by atoms with Crippen LogP contribution in [0.2, 0.25) is 0 Å². The van der Waals surface area contributed by atoms with E-state index in [1.54, 1.807) is 17.4 Å². The number of ether oxygens (including phenoxy) is 1. The van der Waals surface area contributed by atoms with E-state index in [1.165, 1.54) is 29.7 Å². The molecule has 24 heavy (non-hydrogen) atoms. The third kappa shape index (κ3) is 3.16. The van der Waals surface area contributed by atoms with Crippen molar-refractivity contribution in [2.75, 3.05) is 25.1 Å². The van der Waals surface area contributed by atoms with Crippen LogP contribution >= 0.6 is 11.3 Å². The van der Waals surface area contributed by atoms with Crippen LogP contribution in [0.3, 0.4) is 0 Å². The molecule has 3 rings (SSSR count). The van der Waals surface area contributed by atoms with Gasteiger partial charge in [0.15, 0.2) is 0 Å². The van der Waals surface area contributed by atoms with Gasteiger partial charge in [-0.05, 0) is 35.6 Å². The van der Waals surface area contributed by atoms with E-state index in [-0.39, 0.29) is 11.3 Å². The number of hydrogen-bond acceptors (Lipinski definition) is 6. The molecule has 1 aliphatic rings. The standard InChI is InChI=1S/C17H16N2O4S/c1-23-17(20)14-11-13(4-5-15(14)19(21)22)18-8-6-12(7-9-18)16-3-2-10-24-16/h2-6,10-11H,7-9H2,1H3. The molecule has 0 spiro atoms. The number of hydrogen-bond donors (Lipinski definition) is 0. The van der Waals surface area contributed by atoms with E-state index in [0.29, 0.717) is 6.54 Å². The SMILES string of the molecule is COC(=O)c1cc(N2CC=C(c3cccs3)CC2)ccc1[N+](=O)[O-]. The van der Waals surface area contributed by atoms with Crippen LogP contribution in [-0.2, 0) is 4.74 Å². The van der Waals surface area contributed by atoms with Crippen molar-refractivity contribution in [2.24, 2.45) is 0 Å². The second-order valence-electron chi connectivity index (χ2n) is 5.35. The largest absolute Gasteiger partial charge is 0.465 e. The average Bonchev–Trinajstić information content (AvgIpc) is 3.15. The predicted molar refractivity (Wildman–Crippen MR) is 93.6 cm³/mol. The summed E-state index contributed by atoms with van der Waals surface area (Å²) in [6.07, 6.45) is 3.06. The molecule has 0 unspecified atom stereocenters. The number of thiophene rings is 1. The molecule has 0 bridgehead atoms. The molecule has 1 aliphatic heterocycles. The van der Waals surface area contributed by atoms with Gasteiger partial charge in [-0.15, -0.1) is 11.3 Å². The zero-order chi connectivity index (χ0) is 17.1. The van der Waals surface area contributed by atoms with Gasteiger partial charge in [-0.25, -0.2) is 4.79 Å². The van der Waals surface area contributed by atoms with Crippen molar-refractivity contribution in [1.29, 1.82) is 0 Å². The maximum atomic E-state index is 11.8. The number of rotatable bonds is 4. The van der Waals surface area contributed by atoms with Crippen molar-refractivity contribution in [3.63, 3.8) is 0 Å². The van der Waals surface area contributed by atoms with Crippen molar-refractivity contribution >= 4 is 34.3 Å². The number of carbonyl (C=O) groups excluding carboxylic acids is 1. The van der Waals surface area contributed by atoms with Crippen LogP contribution in [0, 0.1) is 10.1 Å². The first-order valence-corrected chi connectivity index (χ1v) is 8.32. The number of anilines is 1. The van der Waals surface area contributed by atoms with Crippen LogP contribution in [0.15, 0.2) is 41.8 Å². The summed E-state index contributed by atoms with van der Waals surface area (Å²) in [4.78, 5) is 25.7. The van der Waals surface area contributed by atoms with E-state index in [2.05, 4.69) is 27.2 Å². The Morgan fingerprint density at radius 2 is 2.21 bits per heavy atom. The van der Waals surface area contributed by atoms with Crippen molar-refractivity contribution in [3.8, 4) is 0 Å². The minimum Gasteiger partial charge on any atom is -0.465 e. The molecule has 0 N–H and O–H groups in total. The first-order valence-electron chi connectivity index (χ1n) is 7.44. The molecule has 0 atom stereocenters. The molecule has 0 saturated heterocycles. The van der Waals surface area contributed by atoms with Gasteiger partial charge in [0.25, 0.3) is 5.69 Å². The number of benzene rings is 1. The minimum atomic E-state index is -0.699. The van der Waals surface area contributed by atoms with E-state index in [9.17, 15) is 14.9 Å². The quantitative estimate of drug-likeness (QED) is 0.480. The smallest absolute Gasteiger partial charge is 0.344 e. The van der Waals surface area contributed by atoms with E-state index in [4.69, 9.17) is 0 Å². The molecule has 0 saturated carbocycles. The van der Waals surface area contributed by atoms with Crippen molar-refractivity contribution in [3.05, 3.63) is 62.3 Å². The Bertz CT molecular complexity index is 799. The Hall–Kier alpha value is -2.67. The van der Waals surface area contributed by atoms with Crippen LogP contribution in [0.1, 0.15) is 21.7 Å². The Balaban J connectivity index is 1.85. The zero-order valence-corrected chi connectivity index (χ0v) is 13.9. The number of nitrogens with zero attached hydrogens (tertiary/aromatic N) is 2. The third-order valence-electron chi connectivity index (χ3n) is 3.99. The summed E-state index contributed by atoms with van der Waals surface area (Å²) in [6, 6.07) is 8.71. The Labute approximate surface area is 143 Å². The Morgan fingerprint density at radius 3 is 2.79 bits per heavy atom. The molecule has 124 valence electrons. The molecular weight excluding hydrogens is 328 g/mol. The highest BCUT2D eigenvalue weighted by Crippen LogP contribution is 2.30. The lowest BCUT2D eigenvalue weighted by atomic mass is 10.0. The first kappa shape index (κ1) is 16.2. The van der Waals surface area contributed by atoms with Crippen LogP contribution < -0.4 is 4.90 Å². The second kappa shape index (κ2) is 6.84.